The molecule has 0 atom stereocenters. The monoisotopic (exact) mass is 392 g/mol. The molecule has 0 radical (unpaired) electrons. The van der Waals surface area contributed by atoms with Gasteiger partial charge in [-0.15, -0.1) is 0 Å². The number of benzene rings is 3. The molecule has 24 heavy (non-hydrogen) atoms. The Bertz CT molecular complexity index is 866. The van der Waals surface area contributed by atoms with E-state index < -0.39 is 17.5 Å². The molecule has 0 saturated carbocycles. The fourth-order valence-corrected chi connectivity index (χ4v) is 2.63. The summed E-state index contributed by atoms with van der Waals surface area (Å²) >= 11 is 3.13. The lowest BCUT2D eigenvalue weighted by molar-refractivity contribution is 0.285. The van der Waals surface area contributed by atoms with E-state index in [0.29, 0.717) is 4.47 Å². The van der Waals surface area contributed by atoms with E-state index in [1.165, 1.54) is 24.3 Å². The average Bonchev–Trinajstić information content (AvgIpc) is 2.58. The highest BCUT2D eigenvalue weighted by atomic mass is 79.9. The highest BCUT2D eigenvalue weighted by Crippen LogP contribution is 2.32. The quantitative estimate of drug-likeness (QED) is 0.520. The Morgan fingerprint density at radius 1 is 0.792 bits per heavy atom. The van der Waals surface area contributed by atoms with E-state index >= 15 is 0 Å². The lowest BCUT2D eigenvalue weighted by Crippen LogP contribution is -2.00. The first kappa shape index (κ1) is 16.6. The van der Waals surface area contributed by atoms with Gasteiger partial charge in [-0.3, -0.25) is 0 Å². The molecule has 0 bridgehead atoms. The molecule has 1 nitrogen and oxygen atoms in total. The minimum atomic E-state index is -1.14. The van der Waals surface area contributed by atoms with Crippen molar-refractivity contribution in [3.05, 3.63) is 88.2 Å². The molecule has 0 N–H and O–H groups in total. The van der Waals surface area contributed by atoms with Gasteiger partial charge >= 0.3 is 0 Å². The summed E-state index contributed by atoms with van der Waals surface area (Å²) in [6, 6.07) is 15.9. The first-order valence-corrected chi connectivity index (χ1v) is 7.95. The molecule has 0 fully saturated rings. The number of halogens is 4. The first-order chi connectivity index (χ1) is 11.6. The van der Waals surface area contributed by atoms with Crippen LogP contribution in [0, 0.1) is 17.5 Å². The Morgan fingerprint density at radius 3 is 2.21 bits per heavy atom. The number of hydrogen-bond donors (Lipinski definition) is 0. The van der Waals surface area contributed by atoms with E-state index in [9.17, 15) is 13.2 Å². The molecule has 0 unspecified atom stereocenters. The van der Waals surface area contributed by atoms with Crippen LogP contribution < -0.4 is 4.74 Å². The second-order valence-corrected chi connectivity index (χ2v) is 6.05. The van der Waals surface area contributed by atoms with Crippen molar-refractivity contribution in [3.8, 4) is 16.9 Å². The maximum Gasteiger partial charge on any atom is 0.201 e. The van der Waals surface area contributed by atoms with Gasteiger partial charge in [0.05, 0.1) is 0 Å². The van der Waals surface area contributed by atoms with Crippen molar-refractivity contribution < 1.29 is 17.9 Å². The third-order valence-electron chi connectivity index (χ3n) is 3.51. The van der Waals surface area contributed by atoms with Gasteiger partial charge in [0.1, 0.15) is 12.4 Å². The van der Waals surface area contributed by atoms with Crippen LogP contribution in [0.5, 0.6) is 5.75 Å². The molecule has 3 aromatic carbocycles. The Labute approximate surface area is 145 Å². The summed E-state index contributed by atoms with van der Waals surface area (Å²) in [5, 5.41) is 0. The van der Waals surface area contributed by atoms with Gasteiger partial charge in [-0.1, -0.05) is 52.3 Å². The SMILES string of the molecule is Fc1cc(Br)ccc1-c1ccc(OCc2ccccc2)c(F)c1F. The van der Waals surface area contributed by atoms with E-state index in [4.69, 9.17) is 4.74 Å². The van der Waals surface area contributed by atoms with E-state index in [-0.39, 0.29) is 23.5 Å². The molecule has 0 aromatic heterocycles. The fraction of sp³-hybridized carbons (Fsp3) is 0.0526. The zero-order valence-electron chi connectivity index (χ0n) is 12.4. The van der Waals surface area contributed by atoms with Crippen LogP contribution in [0.3, 0.4) is 0 Å². The molecule has 3 rings (SSSR count). The molecule has 122 valence electrons. The van der Waals surface area contributed by atoms with E-state index in [0.717, 1.165) is 5.56 Å². The molecule has 0 saturated heterocycles. The predicted molar refractivity (Wildman–Crippen MR) is 90.2 cm³/mol. The largest absolute Gasteiger partial charge is 0.486 e. The molecule has 0 spiro atoms. The fourth-order valence-electron chi connectivity index (χ4n) is 2.29. The van der Waals surface area contributed by atoms with Crippen molar-refractivity contribution >= 4 is 15.9 Å². The normalized spacial score (nSPS) is 10.7. The molecule has 0 amide bonds. The molecule has 0 aliphatic heterocycles. The van der Waals surface area contributed by atoms with Gasteiger partial charge in [-0.2, -0.15) is 4.39 Å². The van der Waals surface area contributed by atoms with E-state index in [2.05, 4.69) is 15.9 Å². The van der Waals surface area contributed by atoms with Crippen molar-refractivity contribution in [2.24, 2.45) is 0 Å². The highest BCUT2D eigenvalue weighted by molar-refractivity contribution is 9.10. The summed E-state index contributed by atoms with van der Waals surface area (Å²) in [6.45, 7) is 0.114. The van der Waals surface area contributed by atoms with Crippen molar-refractivity contribution in [3.63, 3.8) is 0 Å². The number of ether oxygens (including phenoxy) is 1. The minimum Gasteiger partial charge on any atom is -0.486 e. The van der Waals surface area contributed by atoms with E-state index in [1.807, 2.05) is 30.3 Å². The third kappa shape index (κ3) is 3.46. The second-order valence-electron chi connectivity index (χ2n) is 5.14. The first-order valence-electron chi connectivity index (χ1n) is 7.16. The predicted octanol–water partition coefficient (Wildman–Crippen LogP) is 6.11. The summed E-state index contributed by atoms with van der Waals surface area (Å²) in [5.74, 6) is -3.12. The van der Waals surface area contributed by atoms with Crippen LogP contribution in [-0.2, 0) is 6.61 Å². The van der Waals surface area contributed by atoms with Crippen LogP contribution in [0.15, 0.2) is 65.1 Å². The van der Waals surface area contributed by atoms with Crippen LogP contribution >= 0.6 is 15.9 Å². The standard InChI is InChI=1S/C19H12BrF3O/c20-13-6-7-14(16(21)10-13)15-8-9-17(19(23)18(15)22)24-11-12-4-2-1-3-5-12/h1-10H,11H2. The van der Waals surface area contributed by atoms with Crippen LogP contribution in [0.2, 0.25) is 0 Å². The molecule has 0 aliphatic carbocycles. The van der Waals surface area contributed by atoms with Crippen LogP contribution in [0.4, 0.5) is 13.2 Å². The minimum absolute atomic E-state index is 0.00999. The Morgan fingerprint density at radius 2 is 1.50 bits per heavy atom. The van der Waals surface area contributed by atoms with Gasteiger partial charge in [0.25, 0.3) is 0 Å². The smallest absolute Gasteiger partial charge is 0.201 e. The molecular formula is C19H12BrF3O. The van der Waals surface area contributed by atoms with Crippen LogP contribution in [-0.4, -0.2) is 0 Å². The molecule has 5 heteroatoms. The van der Waals surface area contributed by atoms with Crippen molar-refractivity contribution in [1.82, 2.24) is 0 Å². The van der Waals surface area contributed by atoms with Gasteiger partial charge in [0.2, 0.25) is 5.82 Å². The highest BCUT2D eigenvalue weighted by Gasteiger charge is 2.18. The lowest BCUT2D eigenvalue weighted by Gasteiger charge is -2.11. The van der Waals surface area contributed by atoms with Gasteiger partial charge in [0.15, 0.2) is 11.6 Å². The molecular weight excluding hydrogens is 381 g/mol. The van der Waals surface area contributed by atoms with Crippen LogP contribution in [0.1, 0.15) is 5.56 Å². The van der Waals surface area contributed by atoms with Gasteiger partial charge in [-0.05, 0) is 29.8 Å². The average molecular weight is 393 g/mol. The second kappa shape index (κ2) is 7.09. The topological polar surface area (TPSA) is 9.23 Å². The Balaban J connectivity index is 1.88. The summed E-state index contributed by atoms with van der Waals surface area (Å²) in [4.78, 5) is 0. The third-order valence-corrected chi connectivity index (χ3v) is 4.00. The Kier molecular flexibility index (Phi) is 4.90. The molecule has 0 aliphatic rings. The Hall–Kier alpha value is -2.27. The maximum absolute atomic E-state index is 14.3. The summed E-state index contributed by atoms with van der Waals surface area (Å²) < 4.78 is 48.4. The molecule has 0 heterocycles. The maximum atomic E-state index is 14.3. The van der Waals surface area contributed by atoms with E-state index in [1.54, 1.807) is 6.07 Å². The number of hydrogen-bond acceptors (Lipinski definition) is 1. The van der Waals surface area contributed by atoms with Gasteiger partial charge < -0.3 is 4.74 Å². The van der Waals surface area contributed by atoms with Gasteiger partial charge in [-0.25, -0.2) is 8.78 Å². The van der Waals surface area contributed by atoms with Crippen LogP contribution in [0.25, 0.3) is 11.1 Å². The zero-order chi connectivity index (χ0) is 17.1. The summed E-state index contributed by atoms with van der Waals surface area (Å²) in [5.41, 5.74) is 0.675. The molecule has 3 aromatic rings. The van der Waals surface area contributed by atoms with Gasteiger partial charge in [0, 0.05) is 15.6 Å². The van der Waals surface area contributed by atoms with Crippen molar-refractivity contribution in [2.75, 3.05) is 0 Å². The summed E-state index contributed by atoms with van der Waals surface area (Å²) in [7, 11) is 0. The summed E-state index contributed by atoms with van der Waals surface area (Å²) in [6.07, 6.45) is 0. The van der Waals surface area contributed by atoms with Crippen molar-refractivity contribution in [1.29, 1.82) is 0 Å². The van der Waals surface area contributed by atoms with Crippen molar-refractivity contribution in [2.45, 2.75) is 6.61 Å². The zero-order valence-corrected chi connectivity index (χ0v) is 14.0. The lowest BCUT2D eigenvalue weighted by atomic mass is 10.0. The number of rotatable bonds is 4.